The number of urea groups is 1. The second kappa shape index (κ2) is 16.9. The van der Waals surface area contributed by atoms with Crippen molar-refractivity contribution in [2.24, 2.45) is 23.0 Å². The largest absolute Gasteiger partial charge is 0.480 e. The molecule has 240 valence electrons. The van der Waals surface area contributed by atoms with Crippen LogP contribution in [0.2, 0.25) is 0 Å². The number of carboxylic acid groups (broad SMARTS) is 1. The zero-order chi connectivity index (χ0) is 32.9. The lowest BCUT2D eigenvalue weighted by atomic mass is 9.75. The van der Waals surface area contributed by atoms with Gasteiger partial charge in [-0.25, -0.2) is 14.4 Å². The molecule has 0 heterocycles. The number of anilines is 1. The average molecular weight is 607 g/mol. The van der Waals surface area contributed by atoms with Crippen molar-refractivity contribution in [3.8, 4) is 0 Å². The maximum absolute atomic E-state index is 13.1. The van der Waals surface area contributed by atoms with E-state index in [-0.39, 0.29) is 37.3 Å². The number of hydrogen-bond donors (Lipinski definition) is 7. The number of carbonyl (C=O) groups excluding carboxylic acids is 5. The summed E-state index contributed by atoms with van der Waals surface area (Å²) in [6, 6.07) is 2.70. The molecule has 8 N–H and O–H groups in total. The number of nitrogens with two attached hydrogens (primary N) is 1. The van der Waals surface area contributed by atoms with Gasteiger partial charge in [-0.2, -0.15) is 0 Å². The third-order valence-corrected chi connectivity index (χ3v) is 7.24. The third-order valence-electron chi connectivity index (χ3n) is 7.24. The van der Waals surface area contributed by atoms with Gasteiger partial charge in [0, 0.05) is 19.2 Å². The molecule has 0 unspecified atom stereocenters. The molecule has 0 spiro atoms. The number of carboxylic acids is 1. The highest BCUT2D eigenvalue weighted by Crippen LogP contribution is 2.30. The lowest BCUT2D eigenvalue weighted by Crippen LogP contribution is -2.54. The lowest BCUT2D eigenvalue weighted by Gasteiger charge is -2.35. The predicted molar refractivity (Wildman–Crippen MR) is 160 cm³/mol. The molecule has 14 heteroatoms. The maximum atomic E-state index is 13.1. The zero-order valence-electron chi connectivity index (χ0n) is 25.9. The molecule has 0 saturated carbocycles. The van der Waals surface area contributed by atoms with E-state index < -0.39 is 53.4 Å². The number of benzene rings is 1. The highest BCUT2D eigenvalue weighted by atomic mass is 16.5. The molecule has 3 atom stereocenters. The second-order valence-corrected chi connectivity index (χ2v) is 11.6. The van der Waals surface area contributed by atoms with E-state index in [0.717, 1.165) is 0 Å². The number of alkyl carbamates (subject to hydrolysis) is 1. The van der Waals surface area contributed by atoms with Crippen LogP contribution < -0.4 is 32.3 Å². The summed E-state index contributed by atoms with van der Waals surface area (Å²) in [5, 5.41) is 22.4. The molecular weight excluding hydrogens is 560 g/mol. The molecule has 1 aromatic carbocycles. The van der Waals surface area contributed by atoms with Gasteiger partial charge in [-0.3, -0.25) is 14.4 Å². The Kier molecular flexibility index (Phi) is 14.4. The van der Waals surface area contributed by atoms with Crippen LogP contribution in [0.15, 0.2) is 24.3 Å². The van der Waals surface area contributed by atoms with E-state index in [0.29, 0.717) is 17.7 Å². The number of nitrogens with one attached hydrogen (secondary N) is 5. The number of ether oxygens (including phenoxy) is 1. The second-order valence-electron chi connectivity index (χ2n) is 11.6. The Morgan fingerprint density at radius 2 is 1.53 bits per heavy atom. The summed E-state index contributed by atoms with van der Waals surface area (Å²) in [7, 11) is 0. The summed E-state index contributed by atoms with van der Waals surface area (Å²) in [5.74, 6) is -2.86. The van der Waals surface area contributed by atoms with E-state index in [2.05, 4.69) is 26.6 Å². The number of primary amides is 1. The molecule has 0 aliphatic carbocycles. The number of aliphatic carboxylic acids is 1. The summed E-state index contributed by atoms with van der Waals surface area (Å²) >= 11 is 0. The van der Waals surface area contributed by atoms with E-state index in [4.69, 9.17) is 10.5 Å². The van der Waals surface area contributed by atoms with Crippen LogP contribution in [0.3, 0.4) is 0 Å². The van der Waals surface area contributed by atoms with Gasteiger partial charge < -0.3 is 42.2 Å². The fourth-order valence-corrected chi connectivity index (χ4v) is 3.92. The highest BCUT2D eigenvalue weighted by Gasteiger charge is 2.39. The summed E-state index contributed by atoms with van der Waals surface area (Å²) in [6.45, 7) is 12.1. The van der Waals surface area contributed by atoms with Crippen LogP contribution in [0, 0.1) is 17.3 Å². The summed E-state index contributed by atoms with van der Waals surface area (Å²) in [5.41, 5.74) is 5.35. The zero-order valence-corrected chi connectivity index (χ0v) is 25.9. The standard InChI is InChI=1S/C29H46N6O8/c1-16(2)22(32-18(5)36)25(38)34-21(9-8-14-31-27(30)41)24(37)33-20-12-10-19(11-13-20)15-43-28(42)35-23(26(39)40)29(6,7)17(3)4/h10-13,16-17,21-23H,8-9,14-15H2,1-7H3,(H,32,36)(H,33,37)(H,34,38)(H,35,42)(H,39,40)(H3,30,31,41)/t21-,22-,23+/m1/s1. The first-order chi connectivity index (χ1) is 19.9. The minimum Gasteiger partial charge on any atom is -0.480 e. The van der Waals surface area contributed by atoms with Gasteiger partial charge in [-0.1, -0.05) is 53.7 Å². The van der Waals surface area contributed by atoms with Gasteiger partial charge in [0.25, 0.3) is 0 Å². The fraction of sp³-hybridized carbons (Fsp3) is 0.586. The first-order valence-corrected chi connectivity index (χ1v) is 14.1. The quantitative estimate of drug-likeness (QED) is 0.138. The molecule has 0 fully saturated rings. The Morgan fingerprint density at radius 3 is 2.02 bits per heavy atom. The molecule has 0 saturated heterocycles. The van der Waals surface area contributed by atoms with E-state index in [1.807, 2.05) is 13.8 Å². The van der Waals surface area contributed by atoms with Crippen LogP contribution in [-0.2, 0) is 30.5 Å². The monoisotopic (exact) mass is 606 g/mol. The van der Waals surface area contributed by atoms with Crippen molar-refractivity contribution in [3.05, 3.63) is 29.8 Å². The lowest BCUT2D eigenvalue weighted by molar-refractivity contribution is -0.143. The maximum Gasteiger partial charge on any atom is 0.408 e. The molecule has 0 aliphatic heterocycles. The van der Waals surface area contributed by atoms with Crippen LogP contribution >= 0.6 is 0 Å². The van der Waals surface area contributed by atoms with Gasteiger partial charge in [0.15, 0.2) is 0 Å². The Balaban J connectivity index is 2.88. The number of amides is 6. The summed E-state index contributed by atoms with van der Waals surface area (Å²) in [6.07, 6.45) is -0.361. The van der Waals surface area contributed by atoms with Crippen LogP contribution in [0.25, 0.3) is 0 Å². The van der Waals surface area contributed by atoms with Crippen molar-refractivity contribution in [1.29, 1.82) is 0 Å². The smallest absolute Gasteiger partial charge is 0.408 e. The molecule has 6 amide bonds. The fourth-order valence-electron chi connectivity index (χ4n) is 3.92. The van der Waals surface area contributed by atoms with Crippen molar-refractivity contribution in [3.63, 3.8) is 0 Å². The molecule has 1 aromatic rings. The molecule has 1 rings (SSSR count). The van der Waals surface area contributed by atoms with E-state index in [1.54, 1.807) is 52.0 Å². The first kappa shape index (κ1) is 36.7. The van der Waals surface area contributed by atoms with Gasteiger partial charge in [0.05, 0.1) is 0 Å². The van der Waals surface area contributed by atoms with E-state index >= 15 is 0 Å². The normalized spacial score (nSPS) is 13.3. The van der Waals surface area contributed by atoms with Crippen LogP contribution in [0.1, 0.15) is 66.9 Å². The predicted octanol–water partition coefficient (Wildman–Crippen LogP) is 2.08. The summed E-state index contributed by atoms with van der Waals surface area (Å²) < 4.78 is 5.21. The molecular formula is C29H46N6O8. The van der Waals surface area contributed by atoms with Gasteiger partial charge >= 0.3 is 18.1 Å². The average Bonchev–Trinajstić information content (AvgIpc) is 2.90. The molecule has 43 heavy (non-hydrogen) atoms. The molecule has 0 radical (unpaired) electrons. The van der Waals surface area contributed by atoms with E-state index in [1.165, 1.54) is 6.92 Å². The van der Waals surface area contributed by atoms with Crippen molar-refractivity contribution >= 4 is 41.5 Å². The van der Waals surface area contributed by atoms with Crippen LogP contribution in [0.5, 0.6) is 0 Å². The Morgan fingerprint density at radius 1 is 0.930 bits per heavy atom. The number of carbonyl (C=O) groups is 6. The Bertz CT molecular complexity index is 1140. The van der Waals surface area contributed by atoms with Crippen molar-refractivity contribution in [2.45, 2.75) is 86.0 Å². The number of rotatable bonds is 16. The molecule has 0 bridgehead atoms. The Labute approximate surface area is 252 Å². The minimum atomic E-state index is -1.16. The van der Waals surface area contributed by atoms with Crippen LogP contribution in [-0.4, -0.2) is 65.6 Å². The van der Waals surface area contributed by atoms with Gasteiger partial charge in [0.2, 0.25) is 17.7 Å². The summed E-state index contributed by atoms with van der Waals surface area (Å²) in [4.78, 5) is 72.7. The van der Waals surface area contributed by atoms with E-state index in [9.17, 15) is 33.9 Å². The Hall–Kier alpha value is -4.36. The minimum absolute atomic E-state index is 0.0229. The molecule has 0 aromatic heterocycles. The van der Waals surface area contributed by atoms with Crippen LogP contribution in [0.4, 0.5) is 15.3 Å². The van der Waals surface area contributed by atoms with Gasteiger partial charge in [-0.15, -0.1) is 0 Å². The SMILES string of the molecule is CC(=O)N[C@@H](C(=O)N[C@H](CCCNC(N)=O)C(=O)Nc1ccc(COC(=O)N[C@@H](C(=O)O)C(C)(C)C(C)C)cc1)C(C)C. The number of hydrogen-bond acceptors (Lipinski definition) is 7. The molecule has 14 nitrogen and oxygen atoms in total. The van der Waals surface area contributed by atoms with Crippen molar-refractivity contribution in [1.82, 2.24) is 21.3 Å². The topological polar surface area (TPSA) is 218 Å². The highest BCUT2D eigenvalue weighted by molar-refractivity contribution is 5.98. The third kappa shape index (κ3) is 12.6. The van der Waals surface area contributed by atoms with Gasteiger partial charge in [0.1, 0.15) is 24.7 Å². The van der Waals surface area contributed by atoms with Crippen molar-refractivity contribution in [2.75, 3.05) is 11.9 Å². The molecule has 0 aliphatic rings. The van der Waals surface area contributed by atoms with Gasteiger partial charge in [-0.05, 0) is 47.8 Å². The first-order valence-electron chi connectivity index (χ1n) is 14.1. The van der Waals surface area contributed by atoms with Crippen molar-refractivity contribution < 1.29 is 38.6 Å².